The van der Waals surface area contributed by atoms with E-state index in [1.54, 1.807) is 31.5 Å². The number of nitrogens with one attached hydrogen (secondary N) is 2. The SMILES string of the molecule is COc1cc2[nH]c(NCC3CCCO3)cc(=O)c2cc1-c1cnco1. The summed E-state index contributed by atoms with van der Waals surface area (Å²) in [4.78, 5) is 19.7. The number of pyridine rings is 1. The summed E-state index contributed by atoms with van der Waals surface area (Å²) in [7, 11) is 1.58. The number of benzene rings is 1. The largest absolute Gasteiger partial charge is 0.496 e. The van der Waals surface area contributed by atoms with E-state index in [4.69, 9.17) is 13.9 Å². The van der Waals surface area contributed by atoms with Crippen LogP contribution in [0.1, 0.15) is 12.8 Å². The van der Waals surface area contributed by atoms with Crippen molar-refractivity contribution >= 4 is 16.7 Å². The fourth-order valence-electron chi connectivity index (χ4n) is 3.11. The van der Waals surface area contributed by atoms with Gasteiger partial charge >= 0.3 is 0 Å². The predicted octanol–water partition coefficient (Wildman–Crippen LogP) is 2.78. The molecule has 1 aliphatic heterocycles. The Morgan fingerprint density at radius 2 is 2.32 bits per heavy atom. The van der Waals surface area contributed by atoms with Crippen LogP contribution in [-0.2, 0) is 4.74 Å². The molecule has 1 saturated heterocycles. The van der Waals surface area contributed by atoms with E-state index >= 15 is 0 Å². The van der Waals surface area contributed by atoms with Gasteiger partial charge in [0, 0.05) is 30.7 Å². The number of hydrogen-bond donors (Lipinski definition) is 2. The van der Waals surface area contributed by atoms with Gasteiger partial charge in [0.05, 0.1) is 30.5 Å². The van der Waals surface area contributed by atoms with Crippen LogP contribution >= 0.6 is 0 Å². The number of aromatic nitrogens is 2. The minimum absolute atomic E-state index is 0.0768. The lowest BCUT2D eigenvalue weighted by atomic mass is 10.1. The van der Waals surface area contributed by atoms with E-state index in [1.807, 2.05) is 0 Å². The van der Waals surface area contributed by atoms with Gasteiger partial charge in [0.15, 0.2) is 17.6 Å². The molecule has 7 nitrogen and oxygen atoms in total. The maximum atomic E-state index is 12.5. The van der Waals surface area contributed by atoms with Crippen LogP contribution < -0.4 is 15.5 Å². The molecule has 2 aromatic heterocycles. The van der Waals surface area contributed by atoms with Crippen LogP contribution in [0.2, 0.25) is 0 Å². The van der Waals surface area contributed by atoms with E-state index in [1.165, 1.54) is 6.39 Å². The highest BCUT2D eigenvalue weighted by atomic mass is 16.5. The van der Waals surface area contributed by atoms with Crippen LogP contribution in [0, 0.1) is 0 Å². The predicted molar refractivity (Wildman–Crippen MR) is 94.1 cm³/mol. The number of ether oxygens (including phenoxy) is 2. The van der Waals surface area contributed by atoms with E-state index in [-0.39, 0.29) is 11.5 Å². The molecule has 3 heterocycles. The molecule has 1 unspecified atom stereocenters. The van der Waals surface area contributed by atoms with Gasteiger partial charge in [0.2, 0.25) is 0 Å². The zero-order valence-electron chi connectivity index (χ0n) is 13.9. The number of rotatable bonds is 5. The van der Waals surface area contributed by atoms with Crippen molar-refractivity contribution in [2.75, 3.05) is 25.6 Å². The second kappa shape index (κ2) is 6.60. The normalized spacial score (nSPS) is 17.1. The van der Waals surface area contributed by atoms with Gasteiger partial charge in [-0.05, 0) is 18.9 Å². The van der Waals surface area contributed by atoms with Crippen LogP contribution in [0.15, 0.2) is 40.0 Å². The summed E-state index contributed by atoms with van der Waals surface area (Å²) >= 11 is 0. The number of methoxy groups -OCH3 is 1. The first kappa shape index (κ1) is 15.7. The summed E-state index contributed by atoms with van der Waals surface area (Å²) in [5.41, 5.74) is 1.31. The van der Waals surface area contributed by atoms with Crippen molar-refractivity contribution in [1.29, 1.82) is 0 Å². The fraction of sp³-hybridized carbons (Fsp3) is 0.333. The lowest BCUT2D eigenvalue weighted by Crippen LogP contribution is -2.20. The second-order valence-electron chi connectivity index (χ2n) is 6.03. The maximum absolute atomic E-state index is 12.5. The van der Waals surface area contributed by atoms with E-state index in [9.17, 15) is 4.79 Å². The molecule has 3 aromatic rings. The van der Waals surface area contributed by atoms with Gasteiger partial charge < -0.3 is 24.2 Å². The Labute approximate surface area is 144 Å². The van der Waals surface area contributed by atoms with Gasteiger partial charge in [0.25, 0.3) is 0 Å². The zero-order chi connectivity index (χ0) is 17.2. The number of aromatic amines is 1. The zero-order valence-corrected chi connectivity index (χ0v) is 13.9. The Hall–Kier alpha value is -2.80. The summed E-state index contributed by atoms with van der Waals surface area (Å²) in [6.45, 7) is 1.48. The van der Waals surface area contributed by atoms with Gasteiger partial charge in [-0.15, -0.1) is 0 Å². The van der Waals surface area contributed by atoms with Crippen molar-refractivity contribution in [3.05, 3.63) is 41.0 Å². The molecule has 0 radical (unpaired) electrons. The molecule has 25 heavy (non-hydrogen) atoms. The third kappa shape index (κ3) is 3.10. The number of anilines is 1. The van der Waals surface area contributed by atoms with Crippen molar-refractivity contribution in [1.82, 2.24) is 9.97 Å². The molecule has 130 valence electrons. The Kier molecular flexibility index (Phi) is 4.15. The maximum Gasteiger partial charge on any atom is 0.191 e. The molecule has 2 N–H and O–H groups in total. The molecule has 0 spiro atoms. The number of fused-ring (bicyclic) bond motifs is 1. The summed E-state index contributed by atoms with van der Waals surface area (Å²) in [6, 6.07) is 5.12. The van der Waals surface area contributed by atoms with Crippen LogP contribution in [0.25, 0.3) is 22.2 Å². The standard InChI is InChI=1S/C18H19N3O4/c1-23-16-6-14-12(5-13(16)17-9-19-10-25-17)15(22)7-18(21-14)20-8-11-3-2-4-24-11/h5-7,9-11H,2-4,8H2,1H3,(H2,20,21,22). The number of H-pyrrole nitrogens is 1. The van der Waals surface area contributed by atoms with Crippen LogP contribution in [0.4, 0.5) is 5.82 Å². The number of hydrogen-bond acceptors (Lipinski definition) is 6. The molecule has 0 bridgehead atoms. The molecular weight excluding hydrogens is 322 g/mol. The van der Waals surface area contributed by atoms with Gasteiger partial charge in [-0.1, -0.05) is 0 Å². The van der Waals surface area contributed by atoms with E-state index < -0.39 is 0 Å². The van der Waals surface area contributed by atoms with Gasteiger partial charge in [-0.25, -0.2) is 4.98 Å². The number of nitrogens with zero attached hydrogens (tertiary/aromatic N) is 1. The van der Waals surface area contributed by atoms with Gasteiger partial charge in [0.1, 0.15) is 11.6 Å². The molecule has 0 saturated carbocycles. The molecule has 4 rings (SSSR count). The highest BCUT2D eigenvalue weighted by Crippen LogP contribution is 2.32. The summed E-state index contributed by atoms with van der Waals surface area (Å²) in [5.74, 6) is 1.83. The average Bonchev–Trinajstić information content (AvgIpc) is 3.32. The summed E-state index contributed by atoms with van der Waals surface area (Å²) in [5, 5.41) is 3.81. The van der Waals surface area contributed by atoms with Crippen molar-refractivity contribution in [2.45, 2.75) is 18.9 Å². The van der Waals surface area contributed by atoms with Crippen LogP contribution in [-0.4, -0.2) is 36.3 Å². The highest BCUT2D eigenvalue weighted by molar-refractivity contribution is 5.88. The molecule has 7 heteroatoms. The van der Waals surface area contributed by atoms with Crippen molar-refractivity contribution in [3.63, 3.8) is 0 Å². The minimum atomic E-state index is -0.0768. The third-order valence-corrected chi connectivity index (χ3v) is 4.39. The number of oxazole rings is 1. The monoisotopic (exact) mass is 341 g/mol. The first-order valence-electron chi connectivity index (χ1n) is 8.24. The molecule has 1 aliphatic rings. The Balaban J connectivity index is 1.70. The van der Waals surface area contributed by atoms with Crippen molar-refractivity contribution in [2.24, 2.45) is 0 Å². The third-order valence-electron chi connectivity index (χ3n) is 4.39. The highest BCUT2D eigenvalue weighted by Gasteiger charge is 2.16. The van der Waals surface area contributed by atoms with Gasteiger partial charge in [-0.3, -0.25) is 4.79 Å². The van der Waals surface area contributed by atoms with E-state index in [0.29, 0.717) is 40.3 Å². The summed E-state index contributed by atoms with van der Waals surface area (Å²) < 4.78 is 16.4. The van der Waals surface area contributed by atoms with E-state index in [2.05, 4.69) is 15.3 Å². The second-order valence-corrected chi connectivity index (χ2v) is 6.03. The molecule has 1 atom stereocenters. The smallest absolute Gasteiger partial charge is 0.191 e. The Morgan fingerprint density at radius 1 is 1.40 bits per heavy atom. The van der Waals surface area contributed by atoms with Crippen molar-refractivity contribution < 1.29 is 13.9 Å². The molecule has 0 amide bonds. The first-order chi connectivity index (χ1) is 12.2. The molecule has 1 fully saturated rings. The lowest BCUT2D eigenvalue weighted by molar-refractivity contribution is 0.120. The minimum Gasteiger partial charge on any atom is -0.496 e. The summed E-state index contributed by atoms with van der Waals surface area (Å²) in [6.07, 6.45) is 5.26. The topological polar surface area (TPSA) is 89.4 Å². The first-order valence-corrected chi connectivity index (χ1v) is 8.24. The molecular formula is C18H19N3O4. The molecule has 0 aliphatic carbocycles. The van der Waals surface area contributed by atoms with Crippen molar-refractivity contribution in [3.8, 4) is 17.1 Å². The Bertz CT molecular complexity index is 927. The fourth-order valence-corrected chi connectivity index (χ4v) is 3.11. The lowest BCUT2D eigenvalue weighted by Gasteiger charge is -2.13. The van der Waals surface area contributed by atoms with Crippen LogP contribution in [0.5, 0.6) is 5.75 Å². The quantitative estimate of drug-likeness (QED) is 0.742. The average molecular weight is 341 g/mol. The Morgan fingerprint density at radius 3 is 3.04 bits per heavy atom. The van der Waals surface area contributed by atoms with Crippen LogP contribution in [0.3, 0.4) is 0 Å². The van der Waals surface area contributed by atoms with E-state index in [0.717, 1.165) is 19.4 Å². The van der Waals surface area contributed by atoms with Gasteiger partial charge in [-0.2, -0.15) is 0 Å². The molecule has 1 aromatic carbocycles.